The van der Waals surface area contributed by atoms with Crippen molar-refractivity contribution in [2.45, 2.75) is 18.5 Å². The molecule has 3 nitrogen and oxygen atoms in total. The van der Waals surface area contributed by atoms with Crippen molar-refractivity contribution >= 4 is 17.1 Å². The molecule has 0 N–H and O–H groups in total. The lowest BCUT2D eigenvalue weighted by Crippen LogP contribution is -2.51. The van der Waals surface area contributed by atoms with Gasteiger partial charge in [0.05, 0.1) is 5.56 Å². The van der Waals surface area contributed by atoms with Crippen molar-refractivity contribution in [1.29, 1.82) is 0 Å². The minimum Gasteiger partial charge on any atom is -0.308 e. The molecule has 0 saturated heterocycles. The van der Waals surface area contributed by atoms with E-state index < -0.39 is 30.0 Å². The molecule has 166 valence electrons. The molecule has 0 aliphatic carbocycles. The zero-order chi connectivity index (χ0) is 23.1. The van der Waals surface area contributed by atoms with E-state index in [-0.39, 0.29) is 22.6 Å². The lowest BCUT2D eigenvalue weighted by molar-refractivity contribution is -0.145. The van der Waals surface area contributed by atoms with Gasteiger partial charge in [-0.1, -0.05) is 30.3 Å². The first-order valence-corrected chi connectivity index (χ1v) is 9.26. The Morgan fingerprint density at radius 2 is 1.25 bits per heavy atom. The fraction of sp³-hybridized carbons (Fsp3) is 0.136. The van der Waals surface area contributed by atoms with Crippen LogP contribution in [0.3, 0.4) is 0 Å². The number of pyridine rings is 1. The van der Waals surface area contributed by atoms with Crippen molar-refractivity contribution in [3.8, 4) is 0 Å². The standard InChI is InChI=1S/C22H14F7N3/c23-19-18(14-4-2-1-3-5-14)31(17-10-12-30-13-11-17)20(22(27,28)29)32(19)16-8-6-15(7-9-16)21(24,25)26/h1-13,20H. The molecule has 1 aromatic heterocycles. The molecular formula is C22H14F7N3. The number of hydrogen-bond acceptors (Lipinski definition) is 3. The largest absolute Gasteiger partial charge is 0.428 e. The molecule has 1 aliphatic rings. The second-order valence-electron chi connectivity index (χ2n) is 6.91. The van der Waals surface area contributed by atoms with E-state index in [1.165, 1.54) is 36.7 Å². The highest BCUT2D eigenvalue weighted by Crippen LogP contribution is 2.47. The van der Waals surface area contributed by atoms with Crippen LogP contribution < -0.4 is 9.80 Å². The summed E-state index contributed by atoms with van der Waals surface area (Å²) in [5, 5.41) is 0. The monoisotopic (exact) mass is 453 g/mol. The zero-order valence-corrected chi connectivity index (χ0v) is 16.1. The third kappa shape index (κ3) is 3.88. The van der Waals surface area contributed by atoms with Gasteiger partial charge in [-0.3, -0.25) is 9.88 Å². The number of anilines is 2. The van der Waals surface area contributed by atoms with Crippen molar-refractivity contribution in [3.05, 3.63) is 96.2 Å². The van der Waals surface area contributed by atoms with Crippen LogP contribution in [-0.4, -0.2) is 17.3 Å². The van der Waals surface area contributed by atoms with E-state index >= 15 is 4.39 Å². The maximum Gasteiger partial charge on any atom is 0.428 e. The van der Waals surface area contributed by atoms with Gasteiger partial charge in [0.1, 0.15) is 5.70 Å². The van der Waals surface area contributed by atoms with Gasteiger partial charge in [0.25, 0.3) is 0 Å². The van der Waals surface area contributed by atoms with Crippen LogP contribution in [0.2, 0.25) is 0 Å². The summed E-state index contributed by atoms with van der Waals surface area (Å²) in [6.45, 7) is 0. The summed E-state index contributed by atoms with van der Waals surface area (Å²) >= 11 is 0. The first kappa shape index (κ1) is 21.7. The lowest BCUT2D eigenvalue weighted by atomic mass is 10.1. The van der Waals surface area contributed by atoms with Gasteiger partial charge in [-0.05, 0) is 36.4 Å². The van der Waals surface area contributed by atoms with Crippen LogP contribution in [-0.2, 0) is 6.18 Å². The second-order valence-corrected chi connectivity index (χ2v) is 6.91. The van der Waals surface area contributed by atoms with Gasteiger partial charge in [0.15, 0.2) is 0 Å². The van der Waals surface area contributed by atoms with E-state index in [9.17, 15) is 26.3 Å². The quantitative estimate of drug-likeness (QED) is 0.329. The highest BCUT2D eigenvalue weighted by atomic mass is 19.4. The number of halogens is 7. The summed E-state index contributed by atoms with van der Waals surface area (Å²) < 4.78 is 97.3. The Morgan fingerprint density at radius 3 is 1.78 bits per heavy atom. The molecule has 0 bridgehead atoms. The van der Waals surface area contributed by atoms with Crippen molar-refractivity contribution in [3.63, 3.8) is 0 Å². The molecule has 2 heterocycles. The van der Waals surface area contributed by atoms with Crippen LogP contribution in [0.15, 0.2) is 85.1 Å². The van der Waals surface area contributed by atoms with Crippen LogP contribution in [0.4, 0.5) is 42.1 Å². The Bertz CT molecular complexity index is 1110. The normalized spacial score (nSPS) is 17.3. The molecule has 3 aromatic rings. The predicted molar refractivity (Wildman–Crippen MR) is 105 cm³/mol. The molecule has 1 unspecified atom stereocenters. The molecule has 0 fully saturated rings. The van der Waals surface area contributed by atoms with Gasteiger partial charge in [0, 0.05) is 29.3 Å². The summed E-state index contributed by atoms with van der Waals surface area (Å²) in [5.74, 6) is -1.24. The number of hydrogen-bond donors (Lipinski definition) is 0. The van der Waals surface area contributed by atoms with E-state index in [0.717, 1.165) is 17.0 Å². The Morgan fingerprint density at radius 1 is 0.688 bits per heavy atom. The number of nitrogens with zero attached hydrogens (tertiary/aromatic N) is 3. The first-order chi connectivity index (χ1) is 15.1. The van der Waals surface area contributed by atoms with Gasteiger partial charge < -0.3 is 4.90 Å². The maximum atomic E-state index is 15.7. The smallest absolute Gasteiger partial charge is 0.308 e. The number of rotatable bonds is 3. The molecule has 1 atom stereocenters. The third-order valence-electron chi connectivity index (χ3n) is 4.89. The first-order valence-electron chi connectivity index (χ1n) is 9.26. The lowest BCUT2D eigenvalue weighted by Gasteiger charge is -2.35. The average Bonchev–Trinajstić information content (AvgIpc) is 3.08. The molecule has 2 aromatic carbocycles. The molecule has 0 amide bonds. The minimum atomic E-state index is -4.97. The van der Waals surface area contributed by atoms with E-state index in [4.69, 9.17) is 0 Å². The summed E-state index contributed by atoms with van der Waals surface area (Å²) in [4.78, 5) is 4.91. The van der Waals surface area contributed by atoms with E-state index in [2.05, 4.69) is 4.98 Å². The van der Waals surface area contributed by atoms with Gasteiger partial charge in [0.2, 0.25) is 12.1 Å². The van der Waals surface area contributed by atoms with E-state index in [0.29, 0.717) is 17.0 Å². The molecular weight excluding hydrogens is 439 g/mol. The van der Waals surface area contributed by atoms with Crippen LogP contribution in [0.5, 0.6) is 0 Å². The number of aromatic nitrogens is 1. The van der Waals surface area contributed by atoms with Gasteiger partial charge in [-0.25, -0.2) is 0 Å². The van der Waals surface area contributed by atoms with E-state index in [1.54, 1.807) is 18.2 Å². The summed E-state index contributed by atoms with van der Waals surface area (Å²) in [6, 6.07) is 13.1. The fourth-order valence-electron chi connectivity index (χ4n) is 3.55. The highest BCUT2D eigenvalue weighted by Gasteiger charge is 2.55. The SMILES string of the molecule is FC1=C(c2ccccc2)N(c2ccncc2)C(C(F)(F)F)N1c1ccc(C(F)(F)F)cc1. The maximum absolute atomic E-state index is 15.7. The summed E-state index contributed by atoms with van der Waals surface area (Å²) in [5.41, 5.74) is -1.60. The van der Waals surface area contributed by atoms with Crippen LogP contribution in [0.1, 0.15) is 11.1 Å². The predicted octanol–water partition coefficient (Wildman–Crippen LogP) is 6.61. The highest BCUT2D eigenvalue weighted by molar-refractivity contribution is 5.88. The molecule has 32 heavy (non-hydrogen) atoms. The summed E-state index contributed by atoms with van der Waals surface area (Å²) in [6.07, 6.45) is -9.65. The van der Waals surface area contributed by atoms with Gasteiger partial charge in [-0.15, -0.1) is 0 Å². The van der Waals surface area contributed by atoms with Gasteiger partial charge >= 0.3 is 12.4 Å². The molecule has 10 heteroatoms. The number of alkyl halides is 6. The van der Waals surface area contributed by atoms with E-state index in [1.807, 2.05) is 0 Å². The third-order valence-corrected chi connectivity index (χ3v) is 4.89. The van der Waals surface area contributed by atoms with Crippen molar-refractivity contribution in [2.24, 2.45) is 0 Å². The Labute approximate surface area is 178 Å². The molecule has 1 aliphatic heterocycles. The fourth-order valence-corrected chi connectivity index (χ4v) is 3.55. The minimum absolute atomic E-state index is 0.0192. The molecule has 0 radical (unpaired) electrons. The molecule has 4 rings (SSSR count). The zero-order valence-electron chi connectivity index (χ0n) is 16.1. The second kappa shape index (κ2) is 7.85. The Hall–Kier alpha value is -3.56. The number of benzene rings is 2. The van der Waals surface area contributed by atoms with Crippen LogP contribution >= 0.6 is 0 Å². The Kier molecular flexibility index (Phi) is 5.31. The van der Waals surface area contributed by atoms with Gasteiger partial charge in [-0.2, -0.15) is 30.7 Å². The topological polar surface area (TPSA) is 19.4 Å². The van der Waals surface area contributed by atoms with Crippen molar-refractivity contribution in [2.75, 3.05) is 9.80 Å². The van der Waals surface area contributed by atoms with Crippen molar-refractivity contribution < 1.29 is 30.7 Å². The summed E-state index contributed by atoms with van der Waals surface area (Å²) in [7, 11) is 0. The average molecular weight is 453 g/mol. The van der Waals surface area contributed by atoms with Crippen molar-refractivity contribution in [1.82, 2.24) is 4.98 Å². The molecule has 0 spiro atoms. The Balaban J connectivity index is 1.92. The molecule has 0 saturated carbocycles. The van der Waals surface area contributed by atoms with Crippen LogP contribution in [0, 0.1) is 0 Å². The van der Waals surface area contributed by atoms with Crippen LogP contribution in [0.25, 0.3) is 5.70 Å².